The van der Waals surface area contributed by atoms with Gasteiger partial charge in [-0.3, -0.25) is 0 Å². The van der Waals surface area contributed by atoms with Gasteiger partial charge in [0.15, 0.2) is 5.96 Å². The Morgan fingerprint density at radius 1 is 1.33 bits per heavy atom. The summed E-state index contributed by atoms with van der Waals surface area (Å²) < 4.78 is 22.6. The molecule has 1 aromatic rings. The highest BCUT2D eigenvalue weighted by molar-refractivity contribution is 14.0. The van der Waals surface area contributed by atoms with Crippen molar-refractivity contribution in [1.29, 1.82) is 0 Å². The number of thioether (sulfide) groups is 1. The molecular formula is C12H19IN4O2S2. The zero-order chi connectivity index (χ0) is 14.6. The van der Waals surface area contributed by atoms with Gasteiger partial charge in [-0.15, -0.1) is 24.0 Å². The van der Waals surface area contributed by atoms with Crippen molar-refractivity contribution in [3.63, 3.8) is 0 Å². The Morgan fingerprint density at radius 3 is 2.62 bits per heavy atom. The monoisotopic (exact) mass is 442 g/mol. The molecule has 1 aromatic carbocycles. The van der Waals surface area contributed by atoms with Gasteiger partial charge in [0.2, 0.25) is 10.0 Å². The van der Waals surface area contributed by atoms with Gasteiger partial charge in [-0.25, -0.2) is 18.5 Å². The van der Waals surface area contributed by atoms with Crippen LogP contribution in [0.25, 0.3) is 0 Å². The molecule has 1 aliphatic rings. The minimum Gasteiger partial charge on any atom is -0.370 e. The molecule has 2 rings (SSSR count). The summed E-state index contributed by atoms with van der Waals surface area (Å²) in [5, 5.41) is 5.10. The van der Waals surface area contributed by atoms with E-state index in [9.17, 15) is 8.42 Å². The molecule has 21 heavy (non-hydrogen) atoms. The first kappa shape index (κ1) is 18.5. The Labute approximate surface area is 146 Å². The first-order chi connectivity index (χ1) is 9.47. The van der Waals surface area contributed by atoms with Crippen LogP contribution in [0.3, 0.4) is 0 Å². The van der Waals surface area contributed by atoms with Crippen LogP contribution < -0.4 is 10.9 Å². The van der Waals surface area contributed by atoms with Gasteiger partial charge in [-0.2, -0.15) is 11.8 Å². The molecule has 0 aromatic heterocycles. The maximum Gasteiger partial charge on any atom is 0.238 e. The van der Waals surface area contributed by atoms with Crippen molar-refractivity contribution in [1.82, 2.24) is 4.90 Å². The number of aliphatic imine (C=N–C) groups is 1. The SMILES string of the molecule is I.NC(=NCc1cccc(S(N)(=O)=O)c1)N1CCSCC1. The van der Waals surface area contributed by atoms with Gasteiger partial charge in [-0.1, -0.05) is 12.1 Å². The van der Waals surface area contributed by atoms with Crippen molar-refractivity contribution < 1.29 is 8.42 Å². The number of nitrogens with two attached hydrogens (primary N) is 2. The molecule has 0 spiro atoms. The van der Waals surface area contributed by atoms with E-state index >= 15 is 0 Å². The lowest BCUT2D eigenvalue weighted by Gasteiger charge is -2.27. The summed E-state index contributed by atoms with van der Waals surface area (Å²) in [5.74, 6) is 2.61. The van der Waals surface area contributed by atoms with Gasteiger partial charge >= 0.3 is 0 Å². The van der Waals surface area contributed by atoms with Crippen LogP contribution >= 0.6 is 35.7 Å². The molecule has 9 heteroatoms. The number of guanidine groups is 1. The predicted octanol–water partition coefficient (Wildman–Crippen LogP) is 0.816. The van der Waals surface area contributed by atoms with Crippen LogP contribution in [0.15, 0.2) is 34.2 Å². The molecule has 6 nitrogen and oxygen atoms in total. The molecule has 0 unspecified atom stereocenters. The lowest BCUT2D eigenvalue weighted by atomic mass is 10.2. The van der Waals surface area contributed by atoms with Gasteiger partial charge in [0.1, 0.15) is 0 Å². The minimum absolute atomic E-state index is 0. The summed E-state index contributed by atoms with van der Waals surface area (Å²) in [5.41, 5.74) is 6.71. The van der Waals surface area contributed by atoms with E-state index in [2.05, 4.69) is 4.99 Å². The van der Waals surface area contributed by atoms with Crippen LogP contribution in [-0.4, -0.2) is 43.9 Å². The second-order valence-corrected chi connectivity index (χ2v) is 7.25. The van der Waals surface area contributed by atoms with Gasteiger partial charge in [-0.05, 0) is 17.7 Å². The quantitative estimate of drug-likeness (QED) is 0.410. The fraction of sp³-hybridized carbons (Fsp3) is 0.417. The van der Waals surface area contributed by atoms with Crippen LogP contribution in [0.4, 0.5) is 0 Å². The molecule has 1 fully saturated rings. The Bertz CT molecular complexity index is 601. The van der Waals surface area contributed by atoms with Crippen LogP contribution in [-0.2, 0) is 16.6 Å². The van der Waals surface area contributed by atoms with Crippen LogP contribution in [0.1, 0.15) is 5.56 Å². The van der Waals surface area contributed by atoms with Gasteiger partial charge in [0, 0.05) is 24.6 Å². The maximum absolute atomic E-state index is 11.3. The van der Waals surface area contributed by atoms with E-state index in [-0.39, 0.29) is 28.9 Å². The molecule has 4 N–H and O–H groups in total. The summed E-state index contributed by atoms with van der Waals surface area (Å²) in [4.78, 5) is 6.45. The summed E-state index contributed by atoms with van der Waals surface area (Å²) in [7, 11) is -3.68. The summed E-state index contributed by atoms with van der Waals surface area (Å²) in [6.45, 7) is 2.15. The zero-order valence-electron chi connectivity index (χ0n) is 11.4. The van der Waals surface area contributed by atoms with E-state index < -0.39 is 10.0 Å². The van der Waals surface area contributed by atoms with E-state index in [0.29, 0.717) is 12.5 Å². The molecule has 0 saturated carbocycles. The fourth-order valence-corrected chi connectivity index (χ4v) is 3.37. The number of benzene rings is 1. The van der Waals surface area contributed by atoms with Crippen molar-refractivity contribution in [2.45, 2.75) is 11.4 Å². The molecule has 0 amide bonds. The van der Waals surface area contributed by atoms with Crippen LogP contribution in [0.2, 0.25) is 0 Å². The lowest BCUT2D eigenvalue weighted by molar-refractivity contribution is 0.455. The third-order valence-corrected chi connectivity index (χ3v) is 4.84. The number of sulfonamides is 1. The smallest absolute Gasteiger partial charge is 0.238 e. The number of rotatable bonds is 3. The predicted molar refractivity (Wildman–Crippen MR) is 97.5 cm³/mol. The van der Waals surface area contributed by atoms with Crippen LogP contribution in [0, 0.1) is 0 Å². The lowest BCUT2D eigenvalue weighted by Crippen LogP contribution is -2.42. The molecule has 118 valence electrons. The van der Waals surface area contributed by atoms with Gasteiger partial charge < -0.3 is 10.6 Å². The fourth-order valence-electron chi connectivity index (χ4n) is 1.89. The number of halogens is 1. The van der Waals surface area contributed by atoms with E-state index in [1.807, 2.05) is 16.7 Å². The van der Waals surface area contributed by atoms with E-state index in [4.69, 9.17) is 10.9 Å². The summed E-state index contributed by atoms with van der Waals surface area (Å²) in [6, 6.07) is 6.45. The molecule has 1 heterocycles. The first-order valence-electron chi connectivity index (χ1n) is 6.21. The molecule has 0 atom stereocenters. The minimum atomic E-state index is -3.68. The summed E-state index contributed by atoms with van der Waals surface area (Å²) >= 11 is 1.90. The van der Waals surface area contributed by atoms with Crippen molar-refractivity contribution in [3.05, 3.63) is 29.8 Å². The summed E-state index contributed by atoms with van der Waals surface area (Å²) in [6.07, 6.45) is 0. The van der Waals surface area contributed by atoms with Crippen molar-refractivity contribution in [2.75, 3.05) is 24.6 Å². The highest BCUT2D eigenvalue weighted by Gasteiger charge is 2.12. The molecule has 0 bridgehead atoms. The number of hydrogen-bond donors (Lipinski definition) is 2. The third kappa shape index (κ3) is 5.64. The Kier molecular flexibility index (Phi) is 7.24. The number of primary sulfonamides is 1. The van der Waals surface area contributed by atoms with Gasteiger partial charge in [0.05, 0.1) is 11.4 Å². The highest BCUT2D eigenvalue weighted by Crippen LogP contribution is 2.12. The third-order valence-electron chi connectivity index (χ3n) is 2.99. The highest BCUT2D eigenvalue weighted by atomic mass is 127. The number of nitrogens with zero attached hydrogens (tertiary/aromatic N) is 2. The Balaban J connectivity index is 0.00000220. The Morgan fingerprint density at radius 2 is 2.00 bits per heavy atom. The normalized spacial score (nSPS) is 16.4. The largest absolute Gasteiger partial charge is 0.370 e. The van der Waals surface area contributed by atoms with E-state index in [1.54, 1.807) is 12.1 Å². The molecule has 0 aliphatic carbocycles. The van der Waals surface area contributed by atoms with E-state index in [1.165, 1.54) is 12.1 Å². The Hall–Kier alpha value is -0.520. The van der Waals surface area contributed by atoms with E-state index in [0.717, 1.165) is 30.2 Å². The number of hydrogen-bond acceptors (Lipinski definition) is 4. The first-order valence-corrected chi connectivity index (χ1v) is 8.91. The molecule has 1 saturated heterocycles. The van der Waals surface area contributed by atoms with Crippen molar-refractivity contribution >= 4 is 51.7 Å². The maximum atomic E-state index is 11.3. The molecule has 1 aliphatic heterocycles. The van der Waals surface area contributed by atoms with Gasteiger partial charge in [0.25, 0.3) is 0 Å². The van der Waals surface area contributed by atoms with Crippen LogP contribution in [0.5, 0.6) is 0 Å². The van der Waals surface area contributed by atoms with Crippen molar-refractivity contribution in [2.24, 2.45) is 15.9 Å². The second-order valence-electron chi connectivity index (χ2n) is 4.47. The van der Waals surface area contributed by atoms with Crippen molar-refractivity contribution in [3.8, 4) is 0 Å². The second kappa shape index (κ2) is 8.20. The zero-order valence-corrected chi connectivity index (χ0v) is 15.4. The average Bonchev–Trinajstić information content (AvgIpc) is 2.45. The molecule has 0 radical (unpaired) electrons. The molecular weight excluding hydrogens is 423 g/mol. The topological polar surface area (TPSA) is 102 Å². The average molecular weight is 442 g/mol. The standard InChI is InChI=1S/C12H18N4O2S2.HI/c13-12(16-4-6-19-7-5-16)15-9-10-2-1-3-11(8-10)20(14,17)18;/h1-3,8H,4-7,9H2,(H2,13,15)(H2,14,17,18);1H.